The second kappa shape index (κ2) is 20.2. The van der Waals surface area contributed by atoms with E-state index in [1.54, 1.807) is 7.11 Å². The average molecular weight is 832 g/mol. The Morgan fingerprint density at radius 2 is 1.18 bits per heavy atom. The first-order valence-electron chi connectivity index (χ1n) is 20.8. The molecule has 61 heavy (non-hydrogen) atoms. The summed E-state index contributed by atoms with van der Waals surface area (Å²) in [6, 6.07) is 20.0. The molecule has 3 aromatic carbocycles. The van der Waals surface area contributed by atoms with Gasteiger partial charge in [0.2, 0.25) is 23.6 Å². The smallest absolute Gasteiger partial charge is 0.246 e. The summed E-state index contributed by atoms with van der Waals surface area (Å²) >= 11 is 0. The number of aliphatic hydroxyl groups is 1. The van der Waals surface area contributed by atoms with Crippen molar-refractivity contribution in [1.82, 2.24) is 46.0 Å². The van der Waals surface area contributed by atoms with Crippen molar-refractivity contribution < 1.29 is 29.0 Å². The molecule has 0 aliphatic rings. The van der Waals surface area contributed by atoms with Crippen molar-refractivity contribution >= 4 is 45.4 Å². The van der Waals surface area contributed by atoms with Gasteiger partial charge in [0, 0.05) is 54.0 Å². The summed E-state index contributed by atoms with van der Waals surface area (Å²) in [5.41, 5.74) is 4.57. The fraction of sp³-hybridized carbons (Fsp3) is 0.391. The van der Waals surface area contributed by atoms with Gasteiger partial charge in [-0.1, -0.05) is 76.2 Å². The number of hydrogen-bond acceptors (Lipinski definition) is 8. The number of H-pyrrole nitrogens is 2. The maximum absolute atomic E-state index is 14.7. The number of aliphatic hydroxyl groups excluding tert-OH is 1. The molecule has 3 heterocycles. The van der Waals surface area contributed by atoms with E-state index in [2.05, 4.69) is 31.2 Å². The molecule has 15 nitrogen and oxygen atoms in total. The van der Waals surface area contributed by atoms with Gasteiger partial charge in [-0.2, -0.15) is 0 Å². The van der Waals surface area contributed by atoms with Crippen molar-refractivity contribution in [2.24, 2.45) is 11.8 Å². The lowest BCUT2D eigenvalue weighted by Gasteiger charge is -2.27. The third kappa shape index (κ3) is 11.2. The van der Waals surface area contributed by atoms with E-state index >= 15 is 0 Å². The molecule has 4 amide bonds. The van der Waals surface area contributed by atoms with Crippen molar-refractivity contribution in [1.29, 1.82) is 0 Å². The van der Waals surface area contributed by atoms with E-state index in [4.69, 9.17) is 14.9 Å². The van der Waals surface area contributed by atoms with Gasteiger partial charge in [-0.05, 0) is 65.6 Å². The van der Waals surface area contributed by atoms with E-state index in [1.807, 2.05) is 117 Å². The van der Waals surface area contributed by atoms with Crippen molar-refractivity contribution in [2.45, 2.75) is 91.0 Å². The van der Waals surface area contributed by atoms with Gasteiger partial charge in [0.25, 0.3) is 0 Å². The summed E-state index contributed by atoms with van der Waals surface area (Å²) in [6.07, 6.45) is 5.13. The van der Waals surface area contributed by atoms with Crippen LogP contribution in [0.25, 0.3) is 21.8 Å². The number of para-hydroxylation sites is 2. The predicted molar refractivity (Wildman–Crippen MR) is 233 cm³/mol. The Morgan fingerprint density at radius 1 is 0.689 bits per heavy atom. The molecule has 6 rings (SSSR count). The van der Waals surface area contributed by atoms with E-state index in [0.29, 0.717) is 36.7 Å². The molecular formula is C46H57N9O6. The monoisotopic (exact) mass is 831 g/mol. The number of fused-ring (bicyclic) bond motifs is 2. The van der Waals surface area contributed by atoms with Crippen LogP contribution in [0.1, 0.15) is 87.9 Å². The Hall–Kier alpha value is -6.48. The Kier molecular flexibility index (Phi) is 14.6. The van der Waals surface area contributed by atoms with Crippen LogP contribution < -0.4 is 26.0 Å². The number of ether oxygens (including phenoxy) is 1. The van der Waals surface area contributed by atoms with Gasteiger partial charge >= 0.3 is 0 Å². The molecule has 7 N–H and O–H groups in total. The van der Waals surface area contributed by atoms with E-state index in [1.165, 1.54) is 6.92 Å². The minimum absolute atomic E-state index is 0.0261. The van der Waals surface area contributed by atoms with E-state index < -0.39 is 48.5 Å². The molecule has 0 fully saturated rings. The fourth-order valence-electron chi connectivity index (χ4n) is 7.81. The van der Waals surface area contributed by atoms with E-state index in [0.717, 1.165) is 38.5 Å². The number of nitrogens with one attached hydrogen (secondary N) is 6. The molecule has 0 unspecified atom stereocenters. The topological polar surface area (TPSA) is 208 Å². The normalized spacial score (nSPS) is 13.5. The van der Waals surface area contributed by atoms with Crippen molar-refractivity contribution in [3.05, 3.63) is 114 Å². The Bertz CT molecular complexity index is 2430. The Morgan fingerprint density at radius 3 is 1.67 bits per heavy atom. The van der Waals surface area contributed by atoms with Crippen molar-refractivity contribution in [3.63, 3.8) is 0 Å². The number of rotatable bonds is 20. The molecule has 0 spiro atoms. The highest BCUT2D eigenvalue weighted by Gasteiger charge is 2.33. The van der Waals surface area contributed by atoms with Crippen LogP contribution in [0, 0.1) is 11.8 Å². The lowest BCUT2D eigenvalue weighted by Crippen LogP contribution is -2.54. The van der Waals surface area contributed by atoms with Gasteiger partial charge in [-0.25, -0.2) is 0 Å². The number of aromatic nitrogens is 5. The highest BCUT2D eigenvalue weighted by atomic mass is 16.5. The number of amides is 4. The SMILES string of the molecule is COc1ccc(Cn2c([C@@H](Cc3c[nH]c4ccccc34)NC(=O)CO)nnc2[C@@H](Cc2c[nH]c3ccccc23)NC(=O)[C@H](CC(C)C)NC(=O)[C@H](CC(C)C)NC(C)=O)cc1. The maximum atomic E-state index is 14.7. The predicted octanol–water partition coefficient (Wildman–Crippen LogP) is 5.17. The second-order valence-electron chi connectivity index (χ2n) is 16.4. The molecule has 0 saturated carbocycles. The van der Waals surface area contributed by atoms with Crippen molar-refractivity contribution in [3.8, 4) is 5.75 Å². The zero-order chi connectivity index (χ0) is 43.6. The van der Waals surface area contributed by atoms with Crippen LogP contribution in [0.15, 0.2) is 85.2 Å². The summed E-state index contributed by atoms with van der Waals surface area (Å²) in [4.78, 5) is 60.2. The van der Waals surface area contributed by atoms with Crippen LogP contribution in [0.2, 0.25) is 0 Å². The third-order valence-electron chi connectivity index (χ3n) is 10.7. The van der Waals surface area contributed by atoms with Crippen LogP contribution >= 0.6 is 0 Å². The van der Waals surface area contributed by atoms with Gasteiger partial charge in [-0.15, -0.1) is 10.2 Å². The lowest BCUT2D eigenvalue weighted by molar-refractivity contribution is -0.132. The highest BCUT2D eigenvalue weighted by molar-refractivity contribution is 5.92. The molecule has 6 aromatic rings. The van der Waals surface area contributed by atoms with Crippen molar-refractivity contribution in [2.75, 3.05) is 13.7 Å². The van der Waals surface area contributed by atoms with Gasteiger partial charge in [0.1, 0.15) is 24.4 Å². The zero-order valence-corrected chi connectivity index (χ0v) is 35.6. The number of methoxy groups -OCH3 is 1. The molecule has 4 atom stereocenters. The summed E-state index contributed by atoms with van der Waals surface area (Å²) < 4.78 is 7.35. The van der Waals surface area contributed by atoms with Gasteiger partial charge < -0.3 is 45.6 Å². The standard InChI is InChI=1S/C46H57N9O6/c1-27(2)19-40(49-29(5)57)45(59)52-41(20-28(3)4)46(60)51-39(22-32-24-48-37-14-10-8-12-35(32)37)44-54-53-43(55(44)25-30-15-17-33(61-6)18-16-30)38(50-42(58)26-56)21-31-23-47-36-13-9-7-11-34(31)36/h7-18,23-24,27-28,38-41,47-48,56H,19-22,25-26H2,1-6H3,(H,49,57)(H,50,58)(H,51,60)(H,52,59)/t38-,39-,40+,41+/m1/s1. The minimum Gasteiger partial charge on any atom is -0.497 e. The lowest BCUT2D eigenvalue weighted by atomic mass is 9.99. The number of aromatic amines is 2. The molecule has 0 aliphatic carbocycles. The minimum atomic E-state index is -0.947. The summed E-state index contributed by atoms with van der Waals surface area (Å²) in [5, 5.41) is 33.3. The molecule has 3 aromatic heterocycles. The number of carbonyl (C=O) groups is 4. The average Bonchev–Trinajstić information content (AvgIpc) is 3.96. The summed E-state index contributed by atoms with van der Waals surface area (Å²) in [5.74, 6) is -0.160. The van der Waals surface area contributed by atoms with Gasteiger partial charge in [0.15, 0.2) is 11.6 Å². The number of hydrogen-bond donors (Lipinski definition) is 7. The third-order valence-corrected chi connectivity index (χ3v) is 10.7. The molecule has 322 valence electrons. The first-order valence-corrected chi connectivity index (χ1v) is 20.8. The highest BCUT2D eigenvalue weighted by Crippen LogP contribution is 2.30. The first kappa shape index (κ1) is 44.1. The van der Waals surface area contributed by atoms with Crippen LogP contribution in [0.4, 0.5) is 0 Å². The Balaban J connectivity index is 1.45. The number of nitrogens with zero attached hydrogens (tertiary/aromatic N) is 3. The molecular weight excluding hydrogens is 775 g/mol. The summed E-state index contributed by atoms with van der Waals surface area (Å²) in [6.45, 7) is 8.76. The molecule has 0 bridgehead atoms. The van der Waals surface area contributed by atoms with Crippen LogP contribution in [-0.2, 0) is 38.6 Å². The van der Waals surface area contributed by atoms with Crippen LogP contribution in [0.5, 0.6) is 5.75 Å². The summed E-state index contributed by atoms with van der Waals surface area (Å²) in [7, 11) is 1.60. The first-order chi connectivity index (χ1) is 29.3. The molecule has 0 radical (unpaired) electrons. The molecule has 0 saturated heterocycles. The van der Waals surface area contributed by atoms with E-state index in [-0.39, 0.29) is 30.7 Å². The second-order valence-corrected chi connectivity index (χ2v) is 16.4. The van der Waals surface area contributed by atoms with Crippen LogP contribution in [0.3, 0.4) is 0 Å². The van der Waals surface area contributed by atoms with E-state index in [9.17, 15) is 24.3 Å². The quantitative estimate of drug-likeness (QED) is 0.0545. The fourth-order valence-corrected chi connectivity index (χ4v) is 7.81. The van der Waals surface area contributed by atoms with Crippen LogP contribution in [-0.4, -0.2) is 79.3 Å². The zero-order valence-electron chi connectivity index (χ0n) is 35.6. The van der Waals surface area contributed by atoms with Gasteiger partial charge in [0.05, 0.1) is 25.7 Å². The molecule has 15 heteroatoms. The van der Waals surface area contributed by atoms with Gasteiger partial charge in [-0.3, -0.25) is 19.2 Å². The molecule has 0 aliphatic heterocycles. The largest absolute Gasteiger partial charge is 0.497 e. The Labute approximate surface area is 355 Å². The number of carbonyl (C=O) groups excluding carboxylic acids is 4. The number of benzene rings is 3. The maximum Gasteiger partial charge on any atom is 0.246 e.